The van der Waals surface area contributed by atoms with Crippen LogP contribution in [0.1, 0.15) is 24.8 Å². The third kappa shape index (κ3) is 7.01. The molecular formula is C32H38FN7O5S. The highest BCUT2D eigenvalue weighted by Gasteiger charge is 2.35. The Hall–Kier alpha value is -4.06. The molecule has 3 aromatic rings. The third-order valence-electron chi connectivity index (χ3n) is 8.75. The molecule has 12 nitrogen and oxygen atoms in total. The monoisotopic (exact) mass is 651 g/mol. The number of alkyl halides is 1. The quantitative estimate of drug-likeness (QED) is 0.330. The Bertz CT molecular complexity index is 1780. The lowest BCUT2D eigenvalue weighted by Crippen LogP contribution is -2.49. The second-order valence-electron chi connectivity index (χ2n) is 12.1. The zero-order valence-electron chi connectivity index (χ0n) is 26.1. The molecule has 1 amide bonds. The van der Waals surface area contributed by atoms with Crippen LogP contribution in [-0.2, 0) is 24.1 Å². The van der Waals surface area contributed by atoms with Crippen molar-refractivity contribution in [3.63, 3.8) is 0 Å². The van der Waals surface area contributed by atoms with Crippen LogP contribution in [0.4, 0.5) is 27.7 Å². The van der Waals surface area contributed by atoms with E-state index >= 15 is 0 Å². The van der Waals surface area contributed by atoms with Gasteiger partial charge in [0, 0.05) is 68.3 Å². The van der Waals surface area contributed by atoms with E-state index in [1.807, 2.05) is 17.0 Å². The Balaban J connectivity index is 1.30. The zero-order chi connectivity index (χ0) is 32.4. The second kappa shape index (κ2) is 13.4. The van der Waals surface area contributed by atoms with Gasteiger partial charge in [0.2, 0.25) is 5.95 Å². The number of hydrogen-bond acceptors (Lipinski definition) is 11. The molecule has 3 fully saturated rings. The first-order valence-corrected chi connectivity index (χ1v) is 17.4. The summed E-state index contributed by atoms with van der Waals surface area (Å²) in [4.78, 5) is 30.1. The number of anilines is 4. The minimum Gasteiger partial charge on any atom is -0.379 e. The molecule has 14 heteroatoms. The number of pyridine rings is 1. The number of carbonyl (C=O) groups excluding carboxylic acids is 1. The molecule has 2 aromatic heterocycles. The molecule has 0 radical (unpaired) electrons. The van der Waals surface area contributed by atoms with Crippen molar-refractivity contribution in [3.8, 4) is 11.8 Å². The van der Waals surface area contributed by atoms with E-state index in [2.05, 4.69) is 43.4 Å². The summed E-state index contributed by atoms with van der Waals surface area (Å²) < 4.78 is 49.3. The molecule has 0 spiro atoms. The number of fused-ring (bicyclic) bond motifs is 1. The number of methoxy groups -OCH3 is 1. The Labute approximate surface area is 268 Å². The molecule has 244 valence electrons. The Morgan fingerprint density at radius 3 is 2.70 bits per heavy atom. The number of nitrogens with one attached hydrogen (secondary N) is 2. The fraction of sp³-hybridized carbons (Fsp3) is 0.500. The standard InChI is InChI=1S/C32H38FN7O5S/c1-4-5-31(41)36-26-18-45-17-24(26)21-6-7-27(40-14-20(15-40)19-46(3,42)43)23-13-35-30(12-22(21)23)37-29-8-10-34-32(38-29)39-11-9-28(44-2)25(33)16-39/h6-8,10,12-13,20,24-26,28H,9,11,14-19H2,1-3H3,(H,36,41)(H,34,35,37,38)/t24-,25-,26+,28+/m0/s1. The maximum atomic E-state index is 14.6. The van der Waals surface area contributed by atoms with Crippen molar-refractivity contribution in [3.05, 3.63) is 42.2 Å². The topological polar surface area (TPSA) is 139 Å². The summed E-state index contributed by atoms with van der Waals surface area (Å²) in [6.07, 6.45) is 3.67. The molecular weight excluding hydrogens is 613 g/mol. The summed E-state index contributed by atoms with van der Waals surface area (Å²) in [6.45, 7) is 4.40. The van der Waals surface area contributed by atoms with Gasteiger partial charge in [-0.15, -0.1) is 0 Å². The number of hydrogen-bond donors (Lipinski definition) is 2. The van der Waals surface area contributed by atoms with E-state index in [4.69, 9.17) is 14.5 Å². The Kier molecular flexibility index (Phi) is 9.26. The summed E-state index contributed by atoms with van der Waals surface area (Å²) >= 11 is 0. The van der Waals surface area contributed by atoms with Gasteiger partial charge in [0.05, 0.1) is 37.7 Å². The van der Waals surface area contributed by atoms with Gasteiger partial charge in [-0.25, -0.2) is 22.8 Å². The van der Waals surface area contributed by atoms with E-state index in [-0.39, 0.29) is 36.1 Å². The van der Waals surface area contributed by atoms with Crippen LogP contribution in [0.3, 0.4) is 0 Å². The molecule has 1 aromatic carbocycles. The summed E-state index contributed by atoms with van der Waals surface area (Å²) in [5.74, 6) is 6.41. The van der Waals surface area contributed by atoms with Gasteiger partial charge in [0.25, 0.3) is 5.91 Å². The van der Waals surface area contributed by atoms with Crippen LogP contribution in [0, 0.1) is 17.8 Å². The Morgan fingerprint density at radius 2 is 1.96 bits per heavy atom. The van der Waals surface area contributed by atoms with Gasteiger partial charge in [-0.05, 0) is 48.4 Å². The molecule has 0 unspecified atom stereocenters. The number of piperidine rings is 1. The average Bonchev–Trinajstić information content (AvgIpc) is 3.45. The van der Waals surface area contributed by atoms with Gasteiger partial charge in [-0.2, -0.15) is 4.98 Å². The lowest BCUT2D eigenvalue weighted by atomic mass is 9.89. The smallest absolute Gasteiger partial charge is 0.296 e. The molecule has 0 saturated carbocycles. The minimum absolute atomic E-state index is 0.0704. The fourth-order valence-electron chi connectivity index (χ4n) is 6.57. The van der Waals surface area contributed by atoms with Crippen molar-refractivity contribution in [2.45, 2.75) is 37.6 Å². The molecule has 46 heavy (non-hydrogen) atoms. The number of amides is 1. The van der Waals surface area contributed by atoms with Crippen LogP contribution in [0.25, 0.3) is 10.8 Å². The number of rotatable bonds is 9. The van der Waals surface area contributed by atoms with E-state index < -0.39 is 22.1 Å². The van der Waals surface area contributed by atoms with Gasteiger partial charge in [-0.3, -0.25) is 4.79 Å². The average molecular weight is 652 g/mol. The summed E-state index contributed by atoms with van der Waals surface area (Å²) in [6, 6.07) is 7.51. The van der Waals surface area contributed by atoms with E-state index in [1.165, 1.54) is 13.4 Å². The fourth-order valence-corrected chi connectivity index (χ4v) is 7.63. The number of nitrogens with zero attached hydrogens (tertiary/aromatic N) is 5. The highest BCUT2D eigenvalue weighted by Crippen LogP contribution is 2.39. The Morgan fingerprint density at radius 1 is 1.13 bits per heavy atom. The van der Waals surface area contributed by atoms with Gasteiger partial charge in [0.1, 0.15) is 27.6 Å². The number of aromatic nitrogens is 3. The lowest BCUT2D eigenvalue weighted by Gasteiger charge is -2.41. The molecule has 2 N–H and O–H groups in total. The van der Waals surface area contributed by atoms with Gasteiger partial charge in [0.15, 0.2) is 0 Å². The van der Waals surface area contributed by atoms with E-state index in [0.717, 1.165) is 22.0 Å². The summed E-state index contributed by atoms with van der Waals surface area (Å²) in [5, 5.41) is 8.11. The first-order valence-electron chi connectivity index (χ1n) is 15.3. The number of sulfone groups is 1. The van der Waals surface area contributed by atoms with Gasteiger partial charge < -0.3 is 29.9 Å². The van der Waals surface area contributed by atoms with Crippen LogP contribution in [-0.4, -0.2) is 106 Å². The van der Waals surface area contributed by atoms with Crippen molar-refractivity contribution in [2.24, 2.45) is 5.92 Å². The van der Waals surface area contributed by atoms with Crippen LogP contribution in [0.2, 0.25) is 0 Å². The summed E-state index contributed by atoms with van der Waals surface area (Å²) in [7, 11) is -1.54. The molecule has 5 heterocycles. The predicted octanol–water partition coefficient (Wildman–Crippen LogP) is 2.43. The van der Waals surface area contributed by atoms with Crippen molar-refractivity contribution < 1.29 is 27.1 Å². The van der Waals surface area contributed by atoms with E-state index in [0.29, 0.717) is 56.9 Å². The highest BCUT2D eigenvalue weighted by molar-refractivity contribution is 7.90. The predicted molar refractivity (Wildman–Crippen MR) is 174 cm³/mol. The van der Waals surface area contributed by atoms with E-state index in [9.17, 15) is 17.6 Å². The van der Waals surface area contributed by atoms with Crippen molar-refractivity contribution in [1.29, 1.82) is 0 Å². The van der Waals surface area contributed by atoms with Gasteiger partial charge in [-0.1, -0.05) is 12.0 Å². The largest absolute Gasteiger partial charge is 0.379 e. The molecule has 3 aliphatic heterocycles. The van der Waals surface area contributed by atoms with Crippen LogP contribution in [0.15, 0.2) is 36.7 Å². The lowest BCUT2D eigenvalue weighted by molar-refractivity contribution is -0.116. The van der Waals surface area contributed by atoms with Gasteiger partial charge >= 0.3 is 0 Å². The van der Waals surface area contributed by atoms with Crippen LogP contribution < -0.4 is 20.4 Å². The molecule has 4 atom stereocenters. The normalized spacial score (nSPS) is 23.5. The number of halogens is 1. The molecule has 0 bridgehead atoms. The molecule has 3 saturated heterocycles. The molecule has 6 rings (SSSR count). The third-order valence-corrected chi connectivity index (χ3v) is 9.83. The van der Waals surface area contributed by atoms with E-state index in [1.54, 1.807) is 25.4 Å². The first kappa shape index (κ1) is 31.9. The number of carbonyl (C=O) groups is 1. The zero-order valence-corrected chi connectivity index (χ0v) is 26.9. The maximum Gasteiger partial charge on any atom is 0.296 e. The molecule has 0 aliphatic carbocycles. The van der Waals surface area contributed by atoms with Crippen LogP contribution in [0.5, 0.6) is 0 Å². The van der Waals surface area contributed by atoms with Crippen molar-refractivity contribution in [2.75, 3.05) is 73.6 Å². The highest BCUT2D eigenvalue weighted by atomic mass is 32.2. The minimum atomic E-state index is -3.07. The number of benzene rings is 1. The first-order chi connectivity index (χ1) is 22.1. The second-order valence-corrected chi connectivity index (χ2v) is 14.3. The molecule has 3 aliphatic rings. The SMILES string of the molecule is CC#CC(=O)N[C@@H]1COC[C@H]1c1ccc(N2CC(CS(C)(=O)=O)C2)c2cnc(Nc3ccnc(N4CC[C@@H](OC)[C@@H](F)C4)n3)cc12. The maximum absolute atomic E-state index is 14.6. The van der Waals surface area contributed by atoms with Crippen molar-refractivity contribution in [1.82, 2.24) is 20.3 Å². The number of ether oxygens (including phenoxy) is 2. The summed E-state index contributed by atoms with van der Waals surface area (Å²) in [5.41, 5.74) is 1.95. The van der Waals surface area contributed by atoms with Crippen LogP contribution >= 0.6 is 0 Å². The van der Waals surface area contributed by atoms with Crippen molar-refractivity contribution >= 4 is 49.8 Å².